The topological polar surface area (TPSA) is 172 Å². The molecule has 1 aromatic carbocycles. The van der Waals surface area contributed by atoms with Crippen LogP contribution in [0.3, 0.4) is 0 Å². The first-order valence-corrected chi connectivity index (χ1v) is 10.7. The Morgan fingerprint density at radius 3 is 2.45 bits per heavy atom. The third-order valence-corrected chi connectivity index (χ3v) is 5.13. The molecule has 1 aromatic rings. The van der Waals surface area contributed by atoms with Crippen LogP contribution < -0.4 is 10.1 Å². The van der Waals surface area contributed by atoms with E-state index in [-0.39, 0.29) is 24.7 Å². The highest BCUT2D eigenvalue weighted by Crippen LogP contribution is 2.29. The molecule has 1 fully saturated rings. The summed E-state index contributed by atoms with van der Waals surface area (Å²) in [6.07, 6.45) is -6.41. The number of amides is 1. The molecule has 0 aromatic heterocycles. The molecule has 11 nitrogen and oxygen atoms in total. The molecule has 5 atom stereocenters. The van der Waals surface area contributed by atoms with Crippen LogP contribution in [0.25, 0.3) is 0 Å². The molecule has 33 heavy (non-hydrogen) atoms. The van der Waals surface area contributed by atoms with Crippen molar-refractivity contribution in [2.45, 2.75) is 76.8 Å². The van der Waals surface area contributed by atoms with Crippen LogP contribution in [0, 0.1) is 0 Å². The number of carbonyl (C=O) groups excluding carboxylic acids is 2. The first-order chi connectivity index (χ1) is 15.6. The lowest BCUT2D eigenvalue weighted by Gasteiger charge is -2.38. The molecule has 184 valence electrons. The van der Waals surface area contributed by atoms with Gasteiger partial charge in [0.25, 0.3) is 0 Å². The van der Waals surface area contributed by atoms with Crippen LogP contribution >= 0.6 is 0 Å². The molecule has 0 radical (unpaired) electrons. The summed E-state index contributed by atoms with van der Waals surface area (Å²) in [5.41, 5.74) is 1.29. The molecule has 11 heteroatoms. The van der Waals surface area contributed by atoms with E-state index in [0.717, 1.165) is 18.4 Å². The average Bonchev–Trinajstić information content (AvgIpc) is 2.77. The van der Waals surface area contributed by atoms with Crippen molar-refractivity contribution in [3.8, 4) is 5.75 Å². The van der Waals surface area contributed by atoms with Crippen molar-refractivity contribution in [3.63, 3.8) is 0 Å². The lowest BCUT2D eigenvalue weighted by Crippen LogP contribution is -2.61. The number of ether oxygens (including phenoxy) is 3. The average molecular weight is 469 g/mol. The Labute approximate surface area is 191 Å². The second kappa shape index (κ2) is 12.5. The smallest absolute Gasteiger partial charge is 0.335 e. The predicted molar refractivity (Wildman–Crippen MR) is 113 cm³/mol. The zero-order chi connectivity index (χ0) is 24.5. The summed E-state index contributed by atoms with van der Waals surface area (Å²) in [5, 5.41) is 42.1. The summed E-state index contributed by atoms with van der Waals surface area (Å²) in [5.74, 6) is -1.88. The number of aryl methyl sites for hydroxylation is 1. The molecular formula is C22H31NO10. The molecule has 5 N–H and O–H groups in total. The summed E-state index contributed by atoms with van der Waals surface area (Å²) in [7, 11) is 0. The minimum Gasteiger partial charge on any atom is -0.479 e. The quantitative estimate of drug-likeness (QED) is 0.217. The Morgan fingerprint density at radius 1 is 1.09 bits per heavy atom. The number of hydrogen-bond donors (Lipinski definition) is 5. The Morgan fingerprint density at radius 2 is 1.82 bits per heavy atom. The van der Waals surface area contributed by atoms with Crippen LogP contribution in [-0.2, 0) is 36.9 Å². The number of unbranched alkanes of at least 4 members (excludes halogenated alkanes) is 1. The number of rotatable bonds is 11. The predicted octanol–water partition coefficient (Wildman–Crippen LogP) is -0.130. The van der Waals surface area contributed by atoms with Crippen LogP contribution in [0.2, 0.25) is 0 Å². The first kappa shape index (κ1) is 26.5. The van der Waals surface area contributed by atoms with E-state index in [4.69, 9.17) is 14.2 Å². The Balaban J connectivity index is 2.18. The van der Waals surface area contributed by atoms with Crippen molar-refractivity contribution >= 4 is 17.8 Å². The zero-order valence-electron chi connectivity index (χ0n) is 18.6. The van der Waals surface area contributed by atoms with Gasteiger partial charge in [-0.05, 0) is 30.9 Å². The number of benzene rings is 1. The fourth-order valence-electron chi connectivity index (χ4n) is 3.24. The van der Waals surface area contributed by atoms with Gasteiger partial charge in [0.15, 0.2) is 6.10 Å². The number of hydrogen-bond acceptors (Lipinski definition) is 9. The maximum absolute atomic E-state index is 11.6. The zero-order valence-corrected chi connectivity index (χ0v) is 18.6. The van der Waals surface area contributed by atoms with E-state index in [1.165, 1.54) is 6.92 Å². The standard InChI is InChI=1S/C22H31NO10/c1-3-16(25)31-11-14-8-7-13(6-4-5-9-23-12(2)24)10-15(14)32-22-19(28)17(26)18(27)20(33-22)21(29)30/h7-8,10,17-20,22,26-28H,3-6,9,11H2,1-2H3,(H,23,24)(H,29,30)/t17-,18-,19+,20-,22+/m0/s1. The maximum atomic E-state index is 11.6. The van der Waals surface area contributed by atoms with Crippen LogP contribution in [0.15, 0.2) is 18.2 Å². The van der Waals surface area contributed by atoms with E-state index >= 15 is 0 Å². The maximum Gasteiger partial charge on any atom is 0.335 e. The molecule has 1 aliphatic rings. The molecule has 1 saturated heterocycles. The Hall–Kier alpha value is -2.73. The van der Waals surface area contributed by atoms with Crippen molar-refractivity contribution < 1.29 is 49.0 Å². The Kier molecular flexibility index (Phi) is 10.0. The van der Waals surface area contributed by atoms with Gasteiger partial charge in [0.1, 0.15) is 30.7 Å². The summed E-state index contributed by atoms with van der Waals surface area (Å²) in [6, 6.07) is 5.14. The number of carbonyl (C=O) groups is 3. The fraction of sp³-hybridized carbons (Fsp3) is 0.591. The van der Waals surface area contributed by atoms with E-state index in [9.17, 15) is 34.8 Å². The lowest BCUT2D eigenvalue weighted by atomic mass is 9.99. The van der Waals surface area contributed by atoms with Gasteiger partial charge in [-0.3, -0.25) is 9.59 Å². The number of carboxylic acids is 1. The van der Waals surface area contributed by atoms with Gasteiger partial charge in [-0.2, -0.15) is 0 Å². The van der Waals surface area contributed by atoms with Crippen molar-refractivity contribution in [3.05, 3.63) is 29.3 Å². The van der Waals surface area contributed by atoms with Gasteiger partial charge in [0, 0.05) is 25.5 Å². The van der Waals surface area contributed by atoms with Crippen LogP contribution in [0.1, 0.15) is 44.2 Å². The van der Waals surface area contributed by atoms with Gasteiger partial charge in [-0.25, -0.2) is 4.79 Å². The molecular weight excluding hydrogens is 438 g/mol. The minimum atomic E-state index is -1.84. The fourth-order valence-corrected chi connectivity index (χ4v) is 3.24. The molecule has 1 aliphatic heterocycles. The largest absolute Gasteiger partial charge is 0.479 e. The van der Waals surface area contributed by atoms with Crippen molar-refractivity contribution in [2.24, 2.45) is 0 Å². The van der Waals surface area contributed by atoms with E-state index in [1.54, 1.807) is 19.1 Å². The third kappa shape index (κ3) is 7.67. The second-order valence-corrected chi connectivity index (χ2v) is 7.75. The molecule has 0 unspecified atom stereocenters. The number of nitrogens with one attached hydrogen (secondary N) is 1. The molecule has 1 amide bonds. The first-order valence-electron chi connectivity index (χ1n) is 10.7. The molecule has 2 rings (SSSR count). The number of carboxylic acid groups (broad SMARTS) is 1. The minimum absolute atomic E-state index is 0.102. The second-order valence-electron chi connectivity index (χ2n) is 7.75. The van der Waals surface area contributed by atoms with Crippen LogP contribution in [0.4, 0.5) is 0 Å². The lowest BCUT2D eigenvalue weighted by molar-refractivity contribution is -0.271. The van der Waals surface area contributed by atoms with E-state index in [1.807, 2.05) is 6.07 Å². The van der Waals surface area contributed by atoms with Crippen molar-refractivity contribution in [1.29, 1.82) is 0 Å². The molecule has 0 bridgehead atoms. The summed E-state index contributed by atoms with van der Waals surface area (Å²) in [4.78, 5) is 33.9. The number of aliphatic hydroxyl groups is 3. The van der Waals surface area contributed by atoms with Crippen LogP contribution in [-0.4, -0.2) is 75.5 Å². The summed E-state index contributed by atoms with van der Waals surface area (Å²) < 4.78 is 16.1. The highest BCUT2D eigenvalue weighted by atomic mass is 16.7. The van der Waals surface area contributed by atoms with Gasteiger partial charge in [0.2, 0.25) is 12.2 Å². The highest BCUT2D eigenvalue weighted by Gasteiger charge is 2.48. The van der Waals surface area contributed by atoms with E-state index in [0.29, 0.717) is 18.5 Å². The summed E-state index contributed by atoms with van der Waals surface area (Å²) in [6.45, 7) is 3.51. The van der Waals surface area contributed by atoms with E-state index in [2.05, 4.69) is 5.32 Å². The molecule has 0 aliphatic carbocycles. The van der Waals surface area contributed by atoms with Crippen LogP contribution in [0.5, 0.6) is 5.75 Å². The van der Waals surface area contributed by atoms with E-state index < -0.39 is 42.6 Å². The third-order valence-electron chi connectivity index (χ3n) is 5.13. The summed E-state index contributed by atoms with van der Waals surface area (Å²) >= 11 is 0. The number of aliphatic carboxylic acids is 1. The highest BCUT2D eigenvalue weighted by molar-refractivity contribution is 5.73. The van der Waals surface area contributed by atoms with Gasteiger partial charge in [-0.15, -0.1) is 0 Å². The van der Waals surface area contributed by atoms with Gasteiger partial charge >= 0.3 is 11.9 Å². The monoisotopic (exact) mass is 469 g/mol. The Bertz CT molecular complexity index is 829. The van der Waals surface area contributed by atoms with Crippen molar-refractivity contribution in [2.75, 3.05) is 6.54 Å². The number of aliphatic hydroxyl groups excluding tert-OH is 3. The molecule has 0 spiro atoms. The molecule has 0 saturated carbocycles. The SMILES string of the molecule is CCC(=O)OCc1ccc(CCCCNC(C)=O)cc1O[C@@H]1O[C@H](C(=O)O)[C@@H](O)[C@H](O)[C@H]1O. The number of esters is 1. The normalized spacial score (nSPS) is 24.7. The molecule has 1 heterocycles. The van der Waals surface area contributed by atoms with Crippen molar-refractivity contribution in [1.82, 2.24) is 5.32 Å². The van der Waals surface area contributed by atoms with Gasteiger partial charge < -0.3 is 40.0 Å². The van der Waals surface area contributed by atoms with Gasteiger partial charge in [-0.1, -0.05) is 19.1 Å². The van der Waals surface area contributed by atoms with Gasteiger partial charge in [0.05, 0.1) is 0 Å².